The van der Waals surface area contributed by atoms with Crippen molar-refractivity contribution >= 4 is 15.9 Å². The van der Waals surface area contributed by atoms with Gasteiger partial charge >= 0.3 is 0 Å². The van der Waals surface area contributed by atoms with Crippen LogP contribution in [0, 0.1) is 13.8 Å². The topological polar surface area (TPSA) is 18.5 Å². The molecule has 0 saturated carbocycles. The summed E-state index contributed by atoms with van der Waals surface area (Å²) in [6.07, 6.45) is 0.909. The SMILES string of the molecule is COc1ccc(CC(Br)c2c(C)cccc2C)cc1OC. The van der Waals surface area contributed by atoms with Gasteiger partial charge in [0.05, 0.1) is 14.2 Å². The largest absolute Gasteiger partial charge is 0.493 e. The first-order valence-electron chi connectivity index (χ1n) is 6.98. The van der Waals surface area contributed by atoms with E-state index in [0.29, 0.717) is 0 Å². The van der Waals surface area contributed by atoms with Crippen LogP contribution in [0.1, 0.15) is 27.1 Å². The van der Waals surface area contributed by atoms with E-state index in [4.69, 9.17) is 9.47 Å². The van der Waals surface area contributed by atoms with E-state index in [9.17, 15) is 0 Å². The van der Waals surface area contributed by atoms with E-state index >= 15 is 0 Å². The van der Waals surface area contributed by atoms with Crippen LogP contribution >= 0.6 is 15.9 Å². The van der Waals surface area contributed by atoms with Crippen LogP contribution in [-0.4, -0.2) is 14.2 Å². The molecule has 0 aliphatic carbocycles. The molecule has 21 heavy (non-hydrogen) atoms. The van der Waals surface area contributed by atoms with Crippen LogP contribution in [0.2, 0.25) is 0 Å². The van der Waals surface area contributed by atoms with Crippen molar-refractivity contribution in [1.82, 2.24) is 0 Å². The van der Waals surface area contributed by atoms with Gasteiger partial charge in [0.25, 0.3) is 0 Å². The van der Waals surface area contributed by atoms with E-state index in [0.717, 1.165) is 17.9 Å². The summed E-state index contributed by atoms with van der Waals surface area (Å²) in [5.41, 5.74) is 5.22. The van der Waals surface area contributed by atoms with Crippen LogP contribution in [0.15, 0.2) is 36.4 Å². The molecule has 0 bridgehead atoms. The van der Waals surface area contributed by atoms with E-state index in [1.807, 2.05) is 12.1 Å². The highest BCUT2D eigenvalue weighted by Gasteiger charge is 2.14. The summed E-state index contributed by atoms with van der Waals surface area (Å²) in [5.74, 6) is 1.54. The maximum Gasteiger partial charge on any atom is 0.160 e. The second-order valence-corrected chi connectivity index (χ2v) is 6.27. The Bertz CT molecular complexity index is 602. The number of hydrogen-bond donors (Lipinski definition) is 0. The molecule has 0 radical (unpaired) electrons. The van der Waals surface area contributed by atoms with Gasteiger partial charge in [-0.25, -0.2) is 0 Å². The maximum atomic E-state index is 5.37. The van der Waals surface area contributed by atoms with Crippen LogP contribution in [0.3, 0.4) is 0 Å². The first kappa shape index (κ1) is 15.9. The molecule has 0 aliphatic rings. The van der Waals surface area contributed by atoms with Gasteiger partial charge in [-0.3, -0.25) is 0 Å². The standard InChI is InChI=1S/C18H21BrO2/c1-12-6-5-7-13(2)18(12)15(19)10-14-8-9-16(20-3)17(11-14)21-4/h5-9,11,15H,10H2,1-4H3. The third-order valence-electron chi connectivity index (χ3n) is 3.72. The van der Waals surface area contributed by atoms with Crippen molar-refractivity contribution in [2.24, 2.45) is 0 Å². The maximum absolute atomic E-state index is 5.37. The van der Waals surface area contributed by atoms with Crippen LogP contribution in [0.4, 0.5) is 0 Å². The van der Waals surface area contributed by atoms with Gasteiger partial charge in [-0.1, -0.05) is 40.2 Å². The number of halogens is 1. The van der Waals surface area contributed by atoms with Crippen molar-refractivity contribution in [2.75, 3.05) is 14.2 Å². The summed E-state index contributed by atoms with van der Waals surface area (Å²) in [4.78, 5) is 0.289. The molecule has 0 aliphatic heterocycles. The second-order valence-electron chi connectivity index (χ2n) is 5.17. The van der Waals surface area contributed by atoms with Crippen molar-refractivity contribution in [3.05, 3.63) is 58.7 Å². The zero-order valence-corrected chi connectivity index (χ0v) is 14.5. The molecule has 0 saturated heterocycles. The van der Waals surface area contributed by atoms with Gasteiger partial charge in [-0.15, -0.1) is 0 Å². The zero-order valence-electron chi connectivity index (χ0n) is 12.9. The van der Waals surface area contributed by atoms with E-state index in [2.05, 4.69) is 54.0 Å². The van der Waals surface area contributed by atoms with Crippen molar-refractivity contribution in [1.29, 1.82) is 0 Å². The minimum Gasteiger partial charge on any atom is -0.493 e. The minimum atomic E-state index is 0.289. The lowest BCUT2D eigenvalue weighted by molar-refractivity contribution is 0.354. The summed E-state index contributed by atoms with van der Waals surface area (Å²) in [6, 6.07) is 12.5. The van der Waals surface area contributed by atoms with Crippen LogP contribution in [0.25, 0.3) is 0 Å². The second kappa shape index (κ2) is 6.99. The molecule has 0 heterocycles. The Kier molecular flexibility index (Phi) is 5.29. The molecule has 3 heteroatoms. The monoisotopic (exact) mass is 348 g/mol. The average molecular weight is 349 g/mol. The molecule has 0 amide bonds. The molecule has 0 fully saturated rings. The first-order valence-corrected chi connectivity index (χ1v) is 7.89. The number of alkyl halides is 1. The van der Waals surface area contributed by atoms with Gasteiger partial charge in [0.1, 0.15) is 0 Å². The number of benzene rings is 2. The number of methoxy groups -OCH3 is 2. The third-order valence-corrected chi connectivity index (χ3v) is 4.50. The van der Waals surface area contributed by atoms with E-state index in [1.54, 1.807) is 14.2 Å². The highest BCUT2D eigenvalue weighted by molar-refractivity contribution is 9.09. The van der Waals surface area contributed by atoms with E-state index in [1.165, 1.54) is 22.3 Å². The fourth-order valence-corrected chi connectivity index (χ4v) is 3.73. The van der Waals surface area contributed by atoms with Crippen molar-refractivity contribution < 1.29 is 9.47 Å². The Balaban J connectivity index is 2.25. The minimum absolute atomic E-state index is 0.289. The summed E-state index contributed by atoms with van der Waals surface area (Å²) in [7, 11) is 3.32. The zero-order chi connectivity index (χ0) is 15.4. The normalized spacial score (nSPS) is 12.0. The predicted octanol–water partition coefficient (Wildman–Crippen LogP) is 5.00. The summed E-state index contributed by atoms with van der Waals surface area (Å²) < 4.78 is 10.7. The third kappa shape index (κ3) is 3.59. The molecule has 2 rings (SSSR count). The fourth-order valence-electron chi connectivity index (χ4n) is 2.64. The molecular weight excluding hydrogens is 328 g/mol. The predicted molar refractivity (Wildman–Crippen MR) is 90.8 cm³/mol. The van der Waals surface area contributed by atoms with Crippen LogP contribution < -0.4 is 9.47 Å². The lowest BCUT2D eigenvalue weighted by atomic mass is 9.96. The molecule has 0 spiro atoms. The fraction of sp³-hybridized carbons (Fsp3) is 0.333. The van der Waals surface area contributed by atoms with Gasteiger partial charge in [-0.05, 0) is 54.7 Å². The smallest absolute Gasteiger partial charge is 0.160 e. The van der Waals surface area contributed by atoms with E-state index in [-0.39, 0.29) is 4.83 Å². The summed E-state index contributed by atoms with van der Waals surface area (Å²) in [6.45, 7) is 4.32. The molecule has 2 nitrogen and oxygen atoms in total. The number of hydrogen-bond acceptors (Lipinski definition) is 2. The Labute approximate surface area is 135 Å². The quantitative estimate of drug-likeness (QED) is 0.708. The molecule has 2 aromatic carbocycles. The summed E-state index contributed by atoms with van der Waals surface area (Å²) in [5, 5.41) is 0. The van der Waals surface area contributed by atoms with Gasteiger partial charge in [-0.2, -0.15) is 0 Å². The average Bonchev–Trinajstić information content (AvgIpc) is 2.46. The first-order chi connectivity index (χ1) is 10.1. The molecular formula is C18H21BrO2. The lowest BCUT2D eigenvalue weighted by Gasteiger charge is -2.17. The molecule has 1 unspecified atom stereocenters. The van der Waals surface area contributed by atoms with Gasteiger partial charge in [0.15, 0.2) is 11.5 Å². The Morgan fingerprint density at radius 1 is 0.952 bits per heavy atom. The van der Waals surface area contributed by atoms with E-state index < -0.39 is 0 Å². The van der Waals surface area contributed by atoms with Gasteiger partial charge < -0.3 is 9.47 Å². The summed E-state index contributed by atoms with van der Waals surface area (Å²) >= 11 is 3.83. The Hall–Kier alpha value is -1.48. The van der Waals surface area contributed by atoms with Crippen molar-refractivity contribution in [3.8, 4) is 11.5 Å². The van der Waals surface area contributed by atoms with Crippen LogP contribution in [-0.2, 0) is 6.42 Å². The molecule has 112 valence electrons. The number of aryl methyl sites for hydroxylation is 2. The highest BCUT2D eigenvalue weighted by atomic mass is 79.9. The van der Waals surface area contributed by atoms with Gasteiger partial charge in [0, 0.05) is 4.83 Å². The highest BCUT2D eigenvalue weighted by Crippen LogP contribution is 2.34. The molecule has 1 atom stereocenters. The van der Waals surface area contributed by atoms with Crippen molar-refractivity contribution in [3.63, 3.8) is 0 Å². The Morgan fingerprint density at radius 2 is 1.57 bits per heavy atom. The van der Waals surface area contributed by atoms with Crippen LogP contribution in [0.5, 0.6) is 11.5 Å². The Morgan fingerprint density at radius 3 is 2.14 bits per heavy atom. The lowest BCUT2D eigenvalue weighted by Crippen LogP contribution is -2.01. The number of ether oxygens (including phenoxy) is 2. The molecule has 2 aromatic rings. The molecule has 0 aromatic heterocycles. The molecule has 0 N–H and O–H groups in total. The van der Waals surface area contributed by atoms with Crippen molar-refractivity contribution in [2.45, 2.75) is 25.1 Å². The number of rotatable bonds is 5. The van der Waals surface area contributed by atoms with Gasteiger partial charge in [0.2, 0.25) is 0 Å².